The van der Waals surface area contributed by atoms with Crippen LogP contribution in [0.2, 0.25) is 10.0 Å². The van der Waals surface area contributed by atoms with Crippen molar-refractivity contribution in [3.63, 3.8) is 0 Å². The van der Waals surface area contributed by atoms with Crippen LogP contribution in [0.3, 0.4) is 0 Å². The molecule has 1 heterocycles. The van der Waals surface area contributed by atoms with Gasteiger partial charge in [0.25, 0.3) is 5.56 Å². The van der Waals surface area contributed by atoms with Crippen molar-refractivity contribution < 1.29 is 0 Å². The molecule has 1 N–H and O–H groups in total. The highest BCUT2D eigenvalue weighted by Crippen LogP contribution is 2.25. The zero-order valence-electron chi connectivity index (χ0n) is 12.0. The minimum absolute atomic E-state index is 0.184. The van der Waals surface area contributed by atoms with E-state index < -0.39 is 0 Å². The average Bonchev–Trinajstić information content (AvgIpc) is 2.55. The Morgan fingerprint density at radius 2 is 2.04 bits per heavy atom. The Balaban J connectivity index is 2.17. The van der Waals surface area contributed by atoms with Crippen LogP contribution in [0.4, 0.5) is 0 Å². The fourth-order valence-electron chi connectivity index (χ4n) is 2.17. The van der Waals surface area contributed by atoms with Gasteiger partial charge in [0, 0.05) is 14.5 Å². The van der Waals surface area contributed by atoms with E-state index in [1.54, 1.807) is 42.5 Å². The summed E-state index contributed by atoms with van der Waals surface area (Å²) in [4.78, 5) is 19.2. The van der Waals surface area contributed by atoms with E-state index in [2.05, 4.69) is 25.9 Å². The Bertz CT molecular complexity index is 1080. The molecule has 0 aliphatic carbocycles. The molecule has 0 aliphatic rings. The molecular weight excluding hydrogens is 413 g/mol. The number of hydrogen-bond donors (Lipinski definition) is 1. The van der Waals surface area contributed by atoms with E-state index in [0.29, 0.717) is 26.5 Å². The molecule has 3 aromatic rings. The van der Waals surface area contributed by atoms with Gasteiger partial charge in [0.1, 0.15) is 6.07 Å². The zero-order chi connectivity index (χ0) is 17.3. The first-order valence-corrected chi connectivity index (χ1v) is 8.29. The highest BCUT2D eigenvalue weighted by atomic mass is 79.9. The zero-order valence-corrected chi connectivity index (χ0v) is 15.1. The van der Waals surface area contributed by atoms with Gasteiger partial charge in [-0.05, 0) is 42.0 Å². The van der Waals surface area contributed by atoms with E-state index in [1.807, 2.05) is 6.07 Å². The second-order valence-corrected chi connectivity index (χ2v) is 6.67. The van der Waals surface area contributed by atoms with Crippen LogP contribution in [-0.4, -0.2) is 9.97 Å². The first kappa shape index (κ1) is 16.7. The monoisotopic (exact) mass is 419 g/mol. The molecule has 4 nitrogen and oxygen atoms in total. The summed E-state index contributed by atoms with van der Waals surface area (Å²) < 4.78 is 0.777. The Labute approximate surface area is 155 Å². The molecule has 1 aromatic heterocycles. The molecule has 0 bridgehead atoms. The summed E-state index contributed by atoms with van der Waals surface area (Å²) in [5.41, 5.74) is 0.984. The number of nitrogens with one attached hydrogen (secondary N) is 1. The maximum absolute atomic E-state index is 12.2. The van der Waals surface area contributed by atoms with Crippen LogP contribution in [0.15, 0.2) is 45.7 Å². The van der Waals surface area contributed by atoms with Crippen molar-refractivity contribution in [2.45, 2.75) is 0 Å². The van der Waals surface area contributed by atoms with Gasteiger partial charge in [0.05, 0.1) is 16.5 Å². The number of halogens is 3. The van der Waals surface area contributed by atoms with Crippen molar-refractivity contribution in [2.24, 2.45) is 0 Å². The van der Waals surface area contributed by atoms with Gasteiger partial charge < -0.3 is 4.98 Å². The highest BCUT2D eigenvalue weighted by Gasteiger charge is 2.10. The summed E-state index contributed by atoms with van der Waals surface area (Å²) in [6, 6.07) is 12.2. The number of aromatic nitrogens is 2. The molecule has 3 rings (SSSR count). The van der Waals surface area contributed by atoms with Crippen molar-refractivity contribution in [1.29, 1.82) is 5.26 Å². The second kappa shape index (κ2) is 6.78. The molecule has 24 heavy (non-hydrogen) atoms. The van der Waals surface area contributed by atoms with Crippen LogP contribution >= 0.6 is 39.1 Å². The smallest absolute Gasteiger partial charge is 0.259 e. The quantitative estimate of drug-likeness (QED) is 0.589. The van der Waals surface area contributed by atoms with Crippen LogP contribution in [-0.2, 0) is 0 Å². The standard InChI is InChI=1S/C17H8BrCl2N3O/c18-11-2-4-15-13(6-11)17(24)23-16(22-15)10(8-21)5-9-1-3-12(19)7-14(9)20/h1-7H,(H,22,23,24)/b10-5+. The van der Waals surface area contributed by atoms with Gasteiger partial charge >= 0.3 is 0 Å². The van der Waals surface area contributed by atoms with Crippen LogP contribution in [0.25, 0.3) is 22.6 Å². The second-order valence-electron chi connectivity index (χ2n) is 4.91. The number of allylic oxidation sites excluding steroid dienone is 1. The lowest BCUT2D eigenvalue weighted by Gasteiger charge is -2.04. The third-order valence-corrected chi connectivity index (χ3v) is 4.36. The maximum Gasteiger partial charge on any atom is 0.259 e. The molecule has 0 saturated heterocycles. The third-order valence-electron chi connectivity index (χ3n) is 3.31. The summed E-state index contributed by atoms with van der Waals surface area (Å²) in [7, 11) is 0. The number of nitriles is 1. The van der Waals surface area contributed by atoms with Gasteiger partial charge in [-0.25, -0.2) is 4.98 Å². The Morgan fingerprint density at radius 1 is 1.25 bits per heavy atom. The molecule has 0 unspecified atom stereocenters. The van der Waals surface area contributed by atoms with Crippen LogP contribution in [0, 0.1) is 11.3 Å². The first-order valence-electron chi connectivity index (χ1n) is 6.75. The molecule has 2 aromatic carbocycles. The molecule has 0 fully saturated rings. The predicted molar refractivity (Wildman–Crippen MR) is 100 cm³/mol. The minimum Gasteiger partial charge on any atom is -0.305 e. The van der Waals surface area contributed by atoms with E-state index >= 15 is 0 Å². The summed E-state index contributed by atoms with van der Waals surface area (Å²) in [5, 5.41) is 10.8. The number of fused-ring (bicyclic) bond motifs is 1. The van der Waals surface area contributed by atoms with Gasteiger partial charge in [0.15, 0.2) is 5.82 Å². The number of rotatable bonds is 2. The van der Waals surface area contributed by atoms with Crippen LogP contribution in [0.1, 0.15) is 11.4 Å². The SMILES string of the molecule is N#C/C(=C\c1ccc(Cl)cc1Cl)c1nc2ccc(Br)cc2c(=O)[nH]1. The molecule has 0 amide bonds. The Kier molecular flexibility index (Phi) is 4.72. The van der Waals surface area contributed by atoms with E-state index in [9.17, 15) is 10.1 Å². The number of H-pyrrole nitrogens is 1. The molecule has 7 heteroatoms. The summed E-state index contributed by atoms with van der Waals surface area (Å²) in [6.45, 7) is 0. The van der Waals surface area contributed by atoms with Gasteiger partial charge in [-0.1, -0.05) is 45.2 Å². The van der Waals surface area contributed by atoms with Crippen molar-refractivity contribution in [3.05, 3.63) is 72.7 Å². The van der Waals surface area contributed by atoms with Crippen molar-refractivity contribution in [3.8, 4) is 6.07 Å². The Morgan fingerprint density at radius 3 is 2.75 bits per heavy atom. The largest absolute Gasteiger partial charge is 0.305 e. The summed E-state index contributed by atoms with van der Waals surface area (Å²) in [5.74, 6) is 0.184. The normalized spacial score (nSPS) is 11.5. The summed E-state index contributed by atoms with van der Waals surface area (Å²) in [6.07, 6.45) is 1.56. The van der Waals surface area contributed by atoms with Gasteiger partial charge in [-0.3, -0.25) is 4.79 Å². The molecular formula is C17H8BrCl2N3O. The van der Waals surface area contributed by atoms with Crippen molar-refractivity contribution in [1.82, 2.24) is 9.97 Å². The van der Waals surface area contributed by atoms with Crippen molar-refractivity contribution in [2.75, 3.05) is 0 Å². The molecule has 118 valence electrons. The number of hydrogen-bond acceptors (Lipinski definition) is 3. The lowest BCUT2D eigenvalue weighted by molar-refractivity contribution is 1.13. The van der Waals surface area contributed by atoms with Crippen molar-refractivity contribution >= 4 is 61.7 Å². The van der Waals surface area contributed by atoms with Crippen LogP contribution < -0.4 is 5.56 Å². The number of aromatic amines is 1. The topological polar surface area (TPSA) is 69.5 Å². The lowest BCUT2D eigenvalue weighted by Crippen LogP contribution is -2.11. The third kappa shape index (κ3) is 3.36. The maximum atomic E-state index is 12.2. The molecule has 0 aliphatic heterocycles. The van der Waals surface area contributed by atoms with Gasteiger partial charge in [0.2, 0.25) is 0 Å². The van der Waals surface area contributed by atoms with Gasteiger partial charge in [-0.2, -0.15) is 5.26 Å². The molecule has 0 spiro atoms. The molecule has 0 atom stereocenters. The average molecular weight is 421 g/mol. The van der Waals surface area contributed by atoms with E-state index in [1.165, 1.54) is 0 Å². The van der Waals surface area contributed by atoms with E-state index in [-0.39, 0.29) is 17.0 Å². The Hall–Kier alpha value is -2.13. The predicted octanol–water partition coefficient (Wildman–Crippen LogP) is 5.06. The highest BCUT2D eigenvalue weighted by molar-refractivity contribution is 9.10. The lowest BCUT2D eigenvalue weighted by atomic mass is 10.1. The summed E-state index contributed by atoms with van der Waals surface area (Å²) >= 11 is 15.3. The van der Waals surface area contributed by atoms with E-state index in [4.69, 9.17) is 23.2 Å². The molecule has 0 radical (unpaired) electrons. The number of benzene rings is 2. The fraction of sp³-hybridized carbons (Fsp3) is 0. The first-order chi connectivity index (χ1) is 11.5. The number of nitrogens with zero attached hydrogens (tertiary/aromatic N) is 2. The van der Waals surface area contributed by atoms with E-state index in [0.717, 1.165) is 4.47 Å². The fourth-order valence-corrected chi connectivity index (χ4v) is 2.99. The molecule has 0 saturated carbocycles. The van der Waals surface area contributed by atoms with Gasteiger partial charge in [-0.15, -0.1) is 0 Å². The minimum atomic E-state index is -0.320. The van der Waals surface area contributed by atoms with Crippen LogP contribution in [0.5, 0.6) is 0 Å².